The largest absolute Gasteiger partial charge is 0.508 e. The third-order valence-electron chi connectivity index (χ3n) is 2.43. The summed E-state index contributed by atoms with van der Waals surface area (Å²) in [6, 6.07) is 11.0. The second-order valence-corrected chi connectivity index (χ2v) is 4.15. The molecule has 2 nitrogen and oxygen atoms in total. The van der Waals surface area contributed by atoms with Gasteiger partial charge in [0.25, 0.3) is 0 Å². The van der Waals surface area contributed by atoms with Crippen molar-refractivity contribution in [2.24, 2.45) is 0 Å². The fourth-order valence-electron chi connectivity index (χ4n) is 1.54. The minimum Gasteiger partial charge on any atom is -0.508 e. The summed E-state index contributed by atoms with van der Waals surface area (Å²) in [5, 5.41) is 9.14. The zero-order chi connectivity index (χ0) is 13.0. The Balaban J connectivity index is 2.05. The molecule has 0 aliphatic rings. The van der Waals surface area contributed by atoms with E-state index >= 15 is 0 Å². The Kier molecular flexibility index (Phi) is 4.05. The van der Waals surface area contributed by atoms with Crippen molar-refractivity contribution in [3.8, 4) is 11.5 Å². The monoisotopic (exact) mass is 266 g/mol. The van der Waals surface area contributed by atoms with Gasteiger partial charge in [0.2, 0.25) is 0 Å². The van der Waals surface area contributed by atoms with Crippen molar-refractivity contribution < 1.29 is 14.2 Å². The van der Waals surface area contributed by atoms with Gasteiger partial charge in [0, 0.05) is 11.9 Å². The summed E-state index contributed by atoms with van der Waals surface area (Å²) in [5.74, 6) is 0.523. The molecule has 0 fully saturated rings. The van der Waals surface area contributed by atoms with Gasteiger partial charge in [-0.3, -0.25) is 0 Å². The van der Waals surface area contributed by atoms with Crippen LogP contribution in [-0.4, -0.2) is 5.11 Å². The van der Waals surface area contributed by atoms with Gasteiger partial charge in [-0.05, 0) is 35.4 Å². The maximum Gasteiger partial charge on any atom is 0.127 e. The van der Waals surface area contributed by atoms with Gasteiger partial charge >= 0.3 is 0 Å². The van der Waals surface area contributed by atoms with Crippen molar-refractivity contribution in [2.45, 2.75) is 12.5 Å². The van der Waals surface area contributed by atoms with E-state index in [1.54, 1.807) is 30.3 Å². The summed E-state index contributed by atoms with van der Waals surface area (Å²) in [6.07, 6.45) is 0. The van der Waals surface area contributed by atoms with Crippen LogP contribution in [-0.2, 0) is 12.5 Å². The molecule has 94 valence electrons. The van der Waals surface area contributed by atoms with E-state index in [0.29, 0.717) is 17.9 Å². The highest BCUT2D eigenvalue weighted by Crippen LogP contribution is 2.19. The Bertz CT molecular complexity index is 526. The van der Waals surface area contributed by atoms with Gasteiger partial charge in [0.15, 0.2) is 0 Å². The van der Waals surface area contributed by atoms with Crippen molar-refractivity contribution in [3.63, 3.8) is 0 Å². The summed E-state index contributed by atoms with van der Waals surface area (Å²) in [5.41, 5.74) is 1.57. The van der Waals surface area contributed by atoms with Crippen molar-refractivity contribution in [1.82, 2.24) is 0 Å². The highest BCUT2D eigenvalue weighted by molar-refractivity contribution is 6.17. The predicted octanol–water partition coefficient (Wildman–Crippen LogP) is 3.85. The molecule has 0 aliphatic carbocycles. The molecular formula is C14H12ClFO2. The van der Waals surface area contributed by atoms with Gasteiger partial charge in [0.1, 0.15) is 23.9 Å². The molecule has 0 bridgehead atoms. The van der Waals surface area contributed by atoms with Crippen LogP contribution in [0.2, 0.25) is 0 Å². The molecule has 18 heavy (non-hydrogen) atoms. The number of aromatic hydroxyl groups is 1. The zero-order valence-electron chi connectivity index (χ0n) is 9.57. The third kappa shape index (κ3) is 3.37. The number of benzene rings is 2. The molecule has 2 rings (SSSR count). The second-order valence-electron chi connectivity index (χ2n) is 3.88. The van der Waals surface area contributed by atoms with Crippen LogP contribution in [0.1, 0.15) is 11.1 Å². The number of hydrogen-bond donors (Lipinski definition) is 1. The molecule has 4 heteroatoms. The molecule has 0 spiro atoms. The topological polar surface area (TPSA) is 29.5 Å². The lowest BCUT2D eigenvalue weighted by molar-refractivity contribution is 0.304. The summed E-state index contributed by atoms with van der Waals surface area (Å²) >= 11 is 5.66. The Morgan fingerprint density at radius 2 is 1.78 bits per heavy atom. The molecule has 0 aromatic heterocycles. The van der Waals surface area contributed by atoms with E-state index in [4.69, 9.17) is 21.4 Å². The fraction of sp³-hybridized carbons (Fsp3) is 0.143. The van der Waals surface area contributed by atoms with E-state index in [2.05, 4.69) is 0 Å². The van der Waals surface area contributed by atoms with Gasteiger partial charge in [0.05, 0.1) is 0 Å². The van der Waals surface area contributed by atoms with Crippen LogP contribution in [0.15, 0.2) is 42.5 Å². The molecule has 0 saturated carbocycles. The Morgan fingerprint density at radius 1 is 1.06 bits per heavy atom. The van der Waals surface area contributed by atoms with Gasteiger partial charge in [-0.1, -0.05) is 12.1 Å². The second kappa shape index (κ2) is 5.74. The lowest BCUT2D eigenvalue weighted by atomic mass is 10.2. The Morgan fingerprint density at radius 3 is 2.44 bits per heavy atom. The highest BCUT2D eigenvalue weighted by Gasteiger charge is 2.02. The van der Waals surface area contributed by atoms with Gasteiger partial charge in [-0.2, -0.15) is 0 Å². The number of alkyl halides is 1. The average Bonchev–Trinajstić information content (AvgIpc) is 2.37. The number of rotatable bonds is 4. The first-order chi connectivity index (χ1) is 8.67. The minimum absolute atomic E-state index is 0.203. The van der Waals surface area contributed by atoms with Crippen molar-refractivity contribution in [3.05, 3.63) is 59.4 Å². The lowest BCUT2D eigenvalue weighted by Gasteiger charge is -2.08. The van der Waals surface area contributed by atoms with Crippen LogP contribution >= 0.6 is 11.6 Å². The first kappa shape index (κ1) is 12.7. The first-order valence-electron chi connectivity index (χ1n) is 5.43. The quantitative estimate of drug-likeness (QED) is 0.852. The number of hydrogen-bond acceptors (Lipinski definition) is 2. The third-order valence-corrected chi connectivity index (χ3v) is 2.74. The van der Waals surface area contributed by atoms with Gasteiger partial charge in [-0.25, -0.2) is 4.39 Å². The van der Waals surface area contributed by atoms with Crippen LogP contribution in [0.5, 0.6) is 11.5 Å². The highest BCUT2D eigenvalue weighted by atomic mass is 35.5. The van der Waals surface area contributed by atoms with Crippen LogP contribution in [0.4, 0.5) is 4.39 Å². The molecule has 0 heterocycles. The molecule has 0 unspecified atom stereocenters. The van der Waals surface area contributed by atoms with E-state index in [9.17, 15) is 4.39 Å². The summed E-state index contributed by atoms with van der Waals surface area (Å²) in [4.78, 5) is 0. The van der Waals surface area contributed by atoms with Gasteiger partial charge < -0.3 is 9.84 Å². The summed E-state index contributed by atoms with van der Waals surface area (Å²) in [7, 11) is 0. The number of phenols is 1. The van der Waals surface area contributed by atoms with Crippen LogP contribution in [0.3, 0.4) is 0 Å². The van der Waals surface area contributed by atoms with Gasteiger partial charge in [-0.15, -0.1) is 11.6 Å². The van der Waals surface area contributed by atoms with Crippen molar-refractivity contribution >= 4 is 11.6 Å². The molecular weight excluding hydrogens is 255 g/mol. The lowest BCUT2D eigenvalue weighted by Crippen LogP contribution is -1.96. The van der Waals surface area contributed by atoms with E-state index < -0.39 is 0 Å². The van der Waals surface area contributed by atoms with E-state index in [0.717, 1.165) is 5.56 Å². The smallest absolute Gasteiger partial charge is 0.127 e. The molecule has 0 atom stereocenters. The van der Waals surface area contributed by atoms with Crippen LogP contribution in [0.25, 0.3) is 0 Å². The zero-order valence-corrected chi connectivity index (χ0v) is 10.3. The standard InChI is InChI=1S/C14H12ClFO2/c15-8-11-5-12(16)7-14(6-11)18-9-10-1-3-13(17)4-2-10/h1-7,17H,8-9H2. The average molecular weight is 267 g/mol. The van der Waals surface area contributed by atoms with E-state index in [-0.39, 0.29) is 17.4 Å². The maximum atomic E-state index is 13.2. The SMILES string of the molecule is Oc1ccc(COc2cc(F)cc(CCl)c2)cc1. The summed E-state index contributed by atoms with van der Waals surface area (Å²) in [6.45, 7) is 0.311. The van der Waals surface area contributed by atoms with Crippen molar-refractivity contribution in [2.75, 3.05) is 0 Å². The summed E-state index contributed by atoms with van der Waals surface area (Å²) < 4.78 is 18.7. The van der Waals surface area contributed by atoms with E-state index in [1.807, 2.05) is 0 Å². The Hall–Kier alpha value is -1.74. The maximum absolute atomic E-state index is 13.2. The molecule has 2 aromatic carbocycles. The van der Waals surface area contributed by atoms with E-state index in [1.165, 1.54) is 12.1 Å². The minimum atomic E-state index is -0.367. The molecule has 2 aromatic rings. The molecule has 0 amide bonds. The van der Waals surface area contributed by atoms with Crippen molar-refractivity contribution in [1.29, 1.82) is 0 Å². The van der Waals surface area contributed by atoms with Crippen LogP contribution in [0, 0.1) is 5.82 Å². The number of phenolic OH excluding ortho intramolecular Hbond substituents is 1. The number of ether oxygens (including phenoxy) is 1. The molecule has 0 aliphatic heterocycles. The molecule has 1 N–H and O–H groups in total. The molecule has 0 radical (unpaired) electrons. The number of halogens is 2. The fourth-order valence-corrected chi connectivity index (χ4v) is 1.69. The normalized spacial score (nSPS) is 10.3. The van der Waals surface area contributed by atoms with Crippen LogP contribution < -0.4 is 4.74 Å². The Labute approximate surface area is 110 Å². The first-order valence-corrected chi connectivity index (χ1v) is 5.97. The molecule has 0 saturated heterocycles. The predicted molar refractivity (Wildman–Crippen MR) is 68.4 cm³/mol.